The Balaban J connectivity index is 2.04. The van der Waals surface area contributed by atoms with Gasteiger partial charge in [0.15, 0.2) is 0 Å². The van der Waals surface area contributed by atoms with Gasteiger partial charge in [0, 0.05) is 6.54 Å². The zero-order valence-electron chi connectivity index (χ0n) is 15.1. The molecule has 0 saturated carbocycles. The largest absolute Gasteiger partial charge is 0.497 e. The first-order valence-corrected chi connectivity index (χ1v) is 9.72. The molecule has 0 aliphatic rings. The van der Waals surface area contributed by atoms with E-state index in [0.29, 0.717) is 13.0 Å². The summed E-state index contributed by atoms with van der Waals surface area (Å²) in [5.41, 5.74) is 2.03. The predicted octanol–water partition coefficient (Wildman–Crippen LogP) is 3.73. The van der Waals surface area contributed by atoms with E-state index in [0.717, 1.165) is 16.9 Å². The Hall–Kier alpha value is -2.55. The summed E-state index contributed by atoms with van der Waals surface area (Å²) in [6.45, 7) is 2.29. The van der Waals surface area contributed by atoms with Gasteiger partial charge < -0.3 is 4.74 Å². The van der Waals surface area contributed by atoms with Crippen molar-refractivity contribution in [3.05, 3.63) is 65.7 Å². The Bertz CT molecular complexity index is 876. The van der Waals surface area contributed by atoms with Gasteiger partial charge in [0.05, 0.1) is 18.6 Å². The van der Waals surface area contributed by atoms with Crippen molar-refractivity contribution in [3.63, 3.8) is 0 Å². The van der Waals surface area contributed by atoms with E-state index in [1.54, 1.807) is 31.4 Å². The molecule has 4 nitrogen and oxygen atoms in total. The molecule has 0 amide bonds. The zero-order valence-corrected chi connectivity index (χ0v) is 15.9. The maximum atomic E-state index is 12.8. The molecule has 0 bridgehead atoms. The summed E-state index contributed by atoms with van der Waals surface area (Å²) >= 11 is 0. The van der Waals surface area contributed by atoms with Crippen LogP contribution in [0.5, 0.6) is 5.75 Å². The van der Waals surface area contributed by atoms with Crippen LogP contribution in [-0.2, 0) is 10.0 Å². The molecule has 0 aromatic heterocycles. The van der Waals surface area contributed by atoms with Crippen molar-refractivity contribution in [2.45, 2.75) is 18.2 Å². The van der Waals surface area contributed by atoms with Crippen LogP contribution in [0.1, 0.15) is 17.5 Å². The summed E-state index contributed by atoms with van der Waals surface area (Å²) in [6.07, 6.45) is 9.82. The lowest BCUT2D eigenvalue weighted by atomic mass is 10.2. The lowest BCUT2D eigenvalue weighted by Gasteiger charge is -2.19. The van der Waals surface area contributed by atoms with E-state index in [2.05, 4.69) is 5.92 Å². The molecule has 0 fully saturated rings. The van der Waals surface area contributed by atoms with Crippen LogP contribution in [0.4, 0.5) is 0 Å². The van der Waals surface area contributed by atoms with E-state index in [-0.39, 0.29) is 11.4 Å². The first kappa shape index (κ1) is 19.8. The van der Waals surface area contributed by atoms with Gasteiger partial charge in [-0.25, -0.2) is 8.42 Å². The third kappa shape index (κ3) is 5.22. The summed E-state index contributed by atoms with van der Waals surface area (Å²) in [5.74, 6) is 3.23. The van der Waals surface area contributed by atoms with Crippen molar-refractivity contribution in [1.29, 1.82) is 0 Å². The van der Waals surface area contributed by atoms with Crippen LogP contribution in [0.2, 0.25) is 0 Å². The molecule has 0 aliphatic carbocycles. The Kier molecular flexibility index (Phi) is 7.02. The summed E-state index contributed by atoms with van der Waals surface area (Å²) in [4.78, 5) is 0.262. The number of rotatable bonds is 8. The maximum Gasteiger partial charge on any atom is 0.243 e. The summed E-state index contributed by atoms with van der Waals surface area (Å²) < 4.78 is 32.0. The van der Waals surface area contributed by atoms with Crippen molar-refractivity contribution >= 4 is 16.1 Å². The topological polar surface area (TPSA) is 46.6 Å². The van der Waals surface area contributed by atoms with Gasteiger partial charge in [-0.3, -0.25) is 0 Å². The first-order valence-electron chi connectivity index (χ1n) is 8.28. The van der Waals surface area contributed by atoms with Gasteiger partial charge in [0.25, 0.3) is 0 Å². The van der Waals surface area contributed by atoms with Crippen LogP contribution in [0.15, 0.2) is 59.5 Å². The minimum atomic E-state index is -3.59. The summed E-state index contributed by atoms with van der Waals surface area (Å²) in [6, 6.07) is 14.4. The second kappa shape index (κ2) is 9.23. The summed E-state index contributed by atoms with van der Waals surface area (Å²) in [5, 5.41) is 0. The highest BCUT2D eigenvalue weighted by Gasteiger charge is 2.22. The quantitative estimate of drug-likeness (QED) is 0.666. The van der Waals surface area contributed by atoms with E-state index >= 15 is 0 Å². The fraction of sp³-hybridized carbons (Fsp3) is 0.238. The lowest BCUT2D eigenvalue weighted by molar-refractivity contribution is 0.415. The average molecular weight is 369 g/mol. The van der Waals surface area contributed by atoms with E-state index in [1.165, 1.54) is 4.31 Å². The number of terminal acetylenes is 1. The Labute approximate surface area is 156 Å². The van der Waals surface area contributed by atoms with Gasteiger partial charge >= 0.3 is 0 Å². The molecule has 26 heavy (non-hydrogen) atoms. The molecule has 2 rings (SSSR count). The first-order chi connectivity index (χ1) is 12.5. The number of hydrogen-bond acceptors (Lipinski definition) is 3. The number of ether oxygens (including phenoxy) is 1. The number of hydrogen-bond donors (Lipinski definition) is 0. The van der Waals surface area contributed by atoms with E-state index in [4.69, 9.17) is 11.2 Å². The van der Waals surface area contributed by atoms with Crippen LogP contribution in [0, 0.1) is 19.3 Å². The molecule has 0 atom stereocenters. The standard InChI is InChI=1S/C21H23NO3S/c1-4-16-22(26(23,24)21-14-8-18(2)9-15-21)17-6-5-7-19-10-12-20(25-3)13-11-19/h1,5,7-15H,6,16-17H2,2-3H3/b7-5+. The minimum Gasteiger partial charge on any atom is -0.497 e. The van der Waals surface area contributed by atoms with E-state index < -0.39 is 10.0 Å². The van der Waals surface area contributed by atoms with Crippen molar-refractivity contribution in [2.24, 2.45) is 0 Å². The van der Waals surface area contributed by atoms with E-state index in [9.17, 15) is 8.42 Å². The second-order valence-corrected chi connectivity index (χ2v) is 7.76. The van der Waals surface area contributed by atoms with E-state index in [1.807, 2.05) is 43.3 Å². The fourth-order valence-corrected chi connectivity index (χ4v) is 3.77. The molecular formula is C21H23NO3S. The highest BCUT2D eigenvalue weighted by atomic mass is 32.2. The molecule has 0 N–H and O–H groups in total. The highest BCUT2D eigenvalue weighted by Crippen LogP contribution is 2.17. The second-order valence-electron chi connectivity index (χ2n) is 5.82. The molecule has 2 aromatic carbocycles. The zero-order chi connectivity index (χ0) is 19.0. The van der Waals surface area contributed by atoms with Crippen LogP contribution in [-0.4, -0.2) is 32.9 Å². The van der Waals surface area contributed by atoms with Crippen molar-refractivity contribution in [1.82, 2.24) is 4.31 Å². The average Bonchev–Trinajstić information content (AvgIpc) is 2.65. The van der Waals surface area contributed by atoms with Crippen molar-refractivity contribution in [3.8, 4) is 18.1 Å². The van der Waals surface area contributed by atoms with Crippen LogP contribution < -0.4 is 4.74 Å². The molecule has 2 aromatic rings. The van der Waals surface area contributed by atoms with Gasteiger partial charge in [-0.2, -0.15) is 4.31 Å². The summed E-state index contributed by atoms with van der Waals surface area (Å²) in [7, 11) is -1.97. The van der Waals surface area contributed by atoms with Gasteiger partial charge in [-0.05, 0) is 43.2 Å². The van der Waals surface area contributed by atoms with Crippen LogP contribution in [0.3, 0.4) is 0 Å². The van der Waals surface area contributed by atoms with Gasteiger partial charge in [-0.15, -0.1) is 6.42 Å². The molecular weight excluding hydrogens is 346 g/mol. The number of methoxy groups -OCH3 is 1. The Morgan fingerprint density at radius 1 is 1.12 bits per heavy atom. The van der Waals surface area contributed by atoms with Crippen molar-refractivity contribution in [2.75, 3.05) is 20.2 Å². The molecule has 0 heterocycles. The Morgan fingerprint density at radius 3 is 2.35 bits per heavy atom. The SMILES string of the molecule is C#CCN(CC/C=C/c1ccc(OC)cc1)S(=O)(=O)c1ccc(C)cc1. The lowest BCUT2D eigenvalue weighted by Crippen LogP contribution is -2.32. The third-order valence-corrected chi connectivity index (χ3v) is 5.76. The molecule has 0 aliphatic heterocycles. The fourth-order valence-electron chi connectivity index (χ4n) is 2.40. The van der Waals surface area contributed by atoms with Gasteiger partial charge in [0.2, 0.25) is 10.0 Å². The van der Waals surface area contributed by atoms with Crippen molar-refractivity contribution < 1.29 is 13.2 Å². The smallest absolute Gasteiger partial charge is 0.243 e. The predicted molar refractivity (Wildman–Crippen MR) is 105 cm³/mol. The highest BCUT2D eigenvalue weighted by molar-refractivity contribution is 7.89. The third-order valence-electron chi connectivity index (χ3n) is 3.90. The minimum absolute atomic E-state index is 0.0482. The van der Waals surface area contributed by atoms with Gasteiger partial charge in [-0.1, -0.05) is 47.9 Å². The number of aryl methyl sites for hydroxylation is 1. The maximum absolute atomic E-state index is 12.8. The molecule has 0 saturated heterocycles. The molecule has 0 unspecified atom stereocenters. The number of benzene rings is 2. The van der Waals surface area contributed by atoms with Gasteiger partial charge in [0.1, 0.15) is 5.75 Å². The molecule has 136 valence electrons. The molecule has 0 radical (unpaired) electrons. The number of sulfonamides is 1. The van der Waals surface area contributed by atoms with Crippen LogP contribution in [0.25, 0.3) is 6.08 Å². The van der Waals surface area contributed by atoms with Crippen LogP contribution >= 0.6 is 0 Å². The molecule has 0 spiro atoms. The number of nitrogens with zero attached hydrogens (tertiary/aromatic N) is 1. The molecule has 5 heteroatoms. The monoisotopic (exact) mass is 369 g/mol. The Morgan fingerprint density at radius 2 is 1.77 bits per heavy atom. The normalized spacial score (nSPS) is 11.6.